The molecule has 1 heterocycles. The Morgan fingerprint density at radius 3 is 2.48 bits per heavy atom. The molecule has 0 radical (unpaired) electrons. The molecule has 1 aromatic carbocycles. The number of carboxylic acids is 1. The summed E-state index contributed by atoms with van der Waals surface area (Å²) in [6, 6.07) is 6.58. The number of aromatic nitrogens is 2. The number of hydrogen-bond acceptors (Lipinski definition) is 6. The van der Waals surface area contributed by atoms with Crippen molar-refractivity contribution in [3.63, 3.8) is 0 Å². The number of aryl methyl sites for hydroxylation is 1. The van der Waals surface area contributed by atoms with Gasteiger partial charge in [-0.15, -0.1) is 0 Å². The van der Waals surface area contributed by atoms with E-state index in [0.29, 0.717) is 29.4 Å². The number of carbonyl (C=O) groups excluding carboxylic acids is 1. The van der Waals surface area contributed by atoms with Crippen LogP contribution in [-0.4, -0.2) is 32.7 Å². The normalized spacial score (nSPS) is 13.2. The van der Waals surface area contributed by atoms with Gasteiger partial charge in [0.15, 0.2) is 6.61 Å². The maximum Gasteiger partial charge on any atom is 0.305 e. The van der Waals surface area contributed by atoms with Crippen LogP contribution in [0, 0.1) is 5.92 Å². The molecule has 8 nitrogen and oxygen atoms in total. The van der Waals surface area contributed by atoms with Crippen molar-refractivity contribution in [1.82, 2.24) is 15.5 Å². The van der Waals surface area contributed by atoms with Crippen LogP contribution in [0.4, 0.5) is 0 Å². The summed E-state index contributed by atoms with van der Waals surface area (Å²) in [4.78, 5) is 27.8. The number of aliphatic carboxylic acids is 1. The van der Waals surface area contributed by atoms with E-state index < -0.39 is 11.5 Å². The number of nitrogens with zero attached hydrogens (tertiary/aromatic N) is 2. The lowest BCUT2D eigenvalue weighted by Crippen LogP contribution is -2.51. The third-order valence-corrected chi connectivity index (χ3v) is 4.49. The molecule has 1 atom stereocenters. The standard InChI is InChI=1S/C19H25N3O5/c1-5-16-20-15(22-27-16)11-26-14-8-6-13(7-9-14)18(25)21-19(4,12(2)3)10-17(23)24/h6-9,12H,5,10-11H2,1-4H3,(H,21,25)(H,23,24). The Morgan fingerprint density at radius 1 is 1.30 bits per heavy atom. The fourth-order valence-electron chi connectivity index (χ4n) is 2.38. The lowest BCUT2D eigenvalue weighted by molar-refractivity contribution is -0.138. The van der Waals surface area contributed by atoms with Gasteiger partial charge in [-0.3, -0.25) is 9.59 Å². The molecule has 2 N–H and O–H groups in total. The highest BCUT2D eigenvalue weighted by molar-refractivity contribution is 5.95. The van der Waals surface area contributed by atoms with E-state index in [2.05, 4.69) is 15.5 Å². The maximum absolute atomic E-state index is 12.5. The third-order valence-electron chi connectivity index (χ3n) is 4.49. The summed E-state index contributed by atoms with van der Waals surface area (Å²) in [5, 5.41) is 15.7. The SMILES string of the molecule is CCc1nc(COc2ccc(C(=O)NC(C)(CC(=O)O)C(C)C)cc2)no1. The average molecular weight is 375 g/mol. The van der Waals surface area contributed by atoms with Crippen molar-refractivity contribution in [2.45, 2.75) is 52.7 Å². The number of carbonyl (C=O) groups is 2. The van der Waals surface area contributed by atoms with Gasteiger partial charge >= 0.3 is 5.97 Å². The molecular formula is C19H25N3O5. The first-order valence-electron chi connectivity index (χ1n) is 8.82. The lowest BCUT2D eigenvalue weighted by atomic mass is 9.85. The maximum atomic E-state index is 12.5. The van der Waals surface area contributed by atoms with Gasteiger partial charge in [-0.2, -0.15) is 4.98 Å². The zero-order valence-electron chi connectivity index (χ0n) is 16.0. The highest BCUT2D eigenvalue weighted by Crippen LogP contribution is 2.22. The van der Waals surface area contributed by atoms with Gasteiger partial charge in [-0.1, -0.05) is 25.9 Å². The molecule has 2 aromatic rings. The van der Waals surface area contributed by atoms with Gasteiger partial charge in [0.05, 0.1) is 12.0 Å². The van der Waals surface area contributed by atoms with Crippen LogP contribution in [0.2, 0.25) is 0 Å². The molecule has 0 saturated carbocycles. The molecule has 0 aliphatic heterocycles. The molecule has 27 heavy (non-hydrogen) atoms. The molecule has 0 saturated heterocycles. The Hall–Kier alpha value is -2.90. The van der Waals surface area contributed by atoms with Crippen molar-refractivity contribution in [3.8, 4) is 5.75 Å². The molecule has 0 spiro atoms. The molecule has 146 valence electrons. The molecule has 1 amide bonds. The second kappa shape index (κ2) is 8.66. The van der Waals surface area contributed by atoms with Gasteiger partial charge in [0.1, 0.15) is 5.75 Å². The first-order chi connectivity index (χ1) is 12.7. The first kappa shape index (κ1) is 20.4. The van der Waals surface area contributed by atoms with Crippen molar-refractivity contribution in [3.05, 3.63) is 41.5 Å². The summed E-state index contributed by atoms with van der Waals surface area (Å²) < 4.78 is 10.6. The van der Waals surface area contributed by atoms with Crippen LogP contribution in [-0.2, 0) is 17.8 Å². The second-order valence-electron chi connectivity index (χ2n) is 6.87. The fraction of sp³-hybridized carbons (Fsp3) is 0.474. The zero-order valence-corrected chi connectivity index (χ0v) is 16.0. The predicted octanol–water partition coefficient (Wildman–Crippen LogP) is 2.83. The number of carboxylic acid groups (broad SMARTS) is 1. The Kier molecular flexibility index (Phi) is 6.55. The summed E-state index contributed by atoms with van der Waals surface area (Å²) in [6.07, 6.45) is 0.510. The van der Waals surface area contributed by atoms with Crippen LogP contribution in [0.25, 0.3) is 0 Å². The molecule has 8 heteroatoms. The number of nitrogens with one attached hydrogen (secondary N) is 1. The molecule has 0 aliphatic carbocycles. The van der Waals surface area contributed by atoms with Gasteiger partial charge in [0.25, 0.3) is 5.91 Å². The molecule has 1 aromatic heterocycles. The Balaban J connectivity index is 1.98. The first-order valence-corrected chi connectivity index (χ1v) is 8.82. The minimum Gasteiger partial charge on any atom is -0.485 e. The van der Waals surface area contributed by atoms with E-state index in [4.69, 9.17) is 14.4 Å². The van der Waals surface area contributed by atoms with E-state index in [1.54, 1.807) is 31.2 Å². The molecule has 2 rings (SSSR count). The largest absolute Gasteiger partial charge is 0.485 e. The minimum atomic E-state index is -0.956. The number of hydrogen-bond donors (Lipinski definition) is 2. The highest BCUT2D eigenvalue weighted by atomic mass is 16.5. The number of amides is 1. The molecule has 0 bridgehead atoms. The Bertz CT molecular complexity index is 785. The van der Waals surface area contributed by atoms with Gasteiger partial charge in [0.2, 0.25) is 11.7 Å². The number of ether oxygens (including phenoxy) is 1. The Morgan fingerprint density at radius 2 is 1.96 bits per heavy atom. The molecule has 1 unspecified atom stereocenters. The average Bonchev–Trinajstić information content (AvgIpc) is 3.07. The van der Waals surface area contributed by atoms with Crippen molar-refractivity contribution in [1.29, 1.82) is 0 Å². The third kappa shape index (κ3) is 5.54. The van der Waals surface area contributed by atoms with Crippen LogP contribution < -0.4 is 10.1 Å². The monoisotopic (exact) mass is 375 g/mol. The van der Waals surface area contributed by atoms with Crippen LogP contribution in [0.15, 0.2) is 28.8 Å². The smallest absolute Gasteiger partial charge is 0.305 e. The van der Waals surface area contributed by atoms with E-state index in [1.807, 2.05) is 20.8 Å². The van der Waals surface area contributed by atoms with Crippen molar-refractivity contribution in [2.75, 3.05) is 0 Å². The van der Waals surface area contributed by atoms with Gasteiger partial charge in [-0.25, -0.2) is 0 Å². The zero-order chi connectivity index (χ0) is 20.0. The highest BCUT2D eigenvalue weighted by Gasteiger charge is 2.33. The molecule has 0 fully saturated rings. The summed E-state index contributed by atoms with van der Waals surface area (Å²) in [7, 11) is 0. The quantitative estimate of drug-likeness (QED) is 0.692. The van der Waals surface area contributed by atoms with E-state index in [1.165, 1.54) is 0 Å². The van der Waals surface area contributed by atoms with Crippen LogP contribution in [0.3, 0.4) is 0 Å². The van der Waals surface area contributed by atoms with Crippen LogP contribution in [0.5, 0.6) is 5.75 Å². The summed E-state index contributed by atoms with van der Waals surface area (Å²) in [5.41, 5.74) is -0.416. The summed E-state index contributed by atoms with van der Waals surface area (Å²) >= 11 is 0. The van der Waals surface area contributed by atoms with Gasteiger partial charge in [-0.05, 0) is 37.1 Å². The molecular weight excluding hydrogens is 350 g/mol. The van der Waals surface area contributed by atoms with Crippen molar-refractivity contribution >= 4 is 11.9 Å². The lowest BCUT2D eigenvalue weighted by Gasteiger charge is -2.33. The van der Waals surface area contributed by atoms with Crippen LogP contribution >= 0.6 is 0 Å². The summed E-state index contributed by atoms with van der Waals surface area (Å²) in [6.45, 7) is 7.57. The summed E-state index contributed by atoms with van der Waals surface area (Å²) in [5.74, 6) is 0.243. The molecule has 0 aliphatic rings. The fourth-order valence-corrected chi connectivity index (χ4v) is 2.38. The van der Waals surface area contributed by atoms with E-state index in [-0.39, 0.29) is 24.9 Å². The van der Waals surface area contributed by atoms with Crippen molar-refractivity contribution < 1.29 is 24.0 Å². The predicted molar refractivity (Wildman–Crippen MR) is 97.4 cm³/mol. The van der Waals surface area contributed by atoms with Gasteiger partial charge < -0.3 is 19.7 Å². The number of benzene rings is 1. The number of rotatable bonds is 9. The van der Waals surface area contributed by atoms with Gasteiger partial charge in [0, 0.05) is 12.0 Å². The topological polar surface area (TPSA) is 115 Å². The van der Waals surface area contributed by atoms with E-state index in [9.17, 15) is 9.59 Å². The Labute approximate surface area is 157 Å². The van der Waals surface area contributed by atoms with E-state index in [0.717, 1.165) is 0 Å². The van der Waals surface area contributed by atoms with Crippen LogP contribution in [0.1, 0.15) is 56.2 Å². The minimum absolute atomic E-state index is 0.0388. The second-order valence-corrected chi connectivity index (χ2v) is 6.87. The van der Waals surface area contributed by atoms with Crippen molar-refractivity contribution in [2.24, 2.45) is 5.92 Å². The van der Waals surface area contributed by atoms with E-state index >= 15 is 0 Å².